The first-order valence-electron chi connectivity index (χ1n) is 4.74. The molecule has 0 aromatic carbocycles. The second-order valence-corrected chi connectivity index (χ2v) is 5.68. The molecular formula is C8H19O3PSYb. The molecule has 0 radical (unpaired) electrons. The van der Waals surface area contributed by atoms with Crippen molar-refractivity contribution in [2.24, 2.45) is 0 Å². The Bertz CT molecular complexity index is 155. The van der Waals surface area contributed by atoms with Crippen molar-refractivity contribution in [2.45, 2.75) is 39.5 Å². The maximum atomic E-state index is 9.45. The van der Waals surface area contributed by atoms with Crippen molar-refractivity contribution < 1.29 is 60.9 Å². The summed E-state index contributed by atoms with van der Waals surface area (Å²) in [7, 11) is 0. The molecule has 0 bridgehead atoms. The summed E-state index contributed by atoms with van der Waals surface area (Å²) in [6.45, 7) is 2.19. The molecule has 0 atom stereocenters. The van der Waals surface area contributed by atoms with Crippen LogP contribution in [0, 0.1) is 46.9 Å². The van der Waals surface area contributed by atoms with Crippen LogP contribution in [0.3, 0.4) is 0 Å². The van der Waals surface area contributed by atoms with Crippen molar-refractivity contribution in [3.05, 3.63) is 0 Å². The van der Waals surface area contributed by atoms with Crippen LogP contribution in [0.1, 0.15) is 39.5 Å². The first kappa shape index (κ1) is 18.4. The average Bonchev–Trinajstić information content (AvgIpc) is 2.05. The van der Waals surface area contributed by atoms with Crippen LogP contribution < -0.4 is 0 Å². The zero-order valence-electron chi connectivity index (χ0n) is 8.63. The summed E-state index contributed by atoms with van der Waals surface area (Å²) in [4.78, 5) is 9.45. The molecule has 0 heterocycles. The monoisotopic (exact) mass is 400 g/mol. The summed E-state index contributed by atoms with van der Waals surface area (Å²) in [6.07, 6.45) is 3.89. The van der Waals surface area contributed by atoms with Gasteiger partial charge in [0.05, 0.1) is 13.2 Å². The fourth-order valence-electron chi connectivity index (χ4n) is 0.686. The molecule has 0 rings (SSSR count). The largest absolute Gasteiger partial charge is 0.324 e. The summed E-state index contributed by atoms with van der Waals surface area (Å²) < 4.78 is 10.2. The summed E-state index contributed by atoms with van der Waals surface area (Å²) >= 11 is 4.79. The summed E-state index contributed by atoms with van der Waals surface area (Å²) in [5.41, 5.74) is 0. The van der Waals surface area contributed by atoms with E-state index in [0.29, 0.717) is 13.2 Å². The molecule has 0 aliphatic rings. The van der Waals surface area contributed by atoms with E-state index in [1.807, 2.05) is 0 Å². The quantitative estimate of drug-likeness (QED) is 0.503. The number of hydrogen-bond acceptors (Lipinski definition) is 3. The number of unbranched alkanes of at least 4 members (excludes halogenated alkanes) is 2. The second kappa shape index (κ2) is 11.5. The molecule has 94 valence electrons. The third-order valence-electron chi connectivity index (χ3n) is 1.50. The molecule has 6 heteroatoms. The maximum absolute atomic E-state index is 9.45. The molecular weight excluding hydrogens is 380 g/mol. The van der Waals surface area contributed by atoms with Gasteiger partial charge >= 0.3 is 6.72 Å². The Morgan fingerprint density at radius 2 is 1.43 bits per heavy atom. The normalized spacial score (nSPS) is 11.1. The molecule has 0 aliphatic carbocycles. The van der Waals surface area contributed by atoms with Crippen LogP contribution in [0.4, 0.5) is 0 Å². The van der Waals surface area contributed by atoms with Gasteiger partial charge in [0.25, 0.3) is 0 Å². The van der Waals surface area contributed by atoms with E-state index in [1.54, 1.807) is 0 Å². The van der Waals surface area contributed by atoms with Gasteiger partial charge in [-0.1, -0.05) is 26.7 Å². The summed E-state index contributed by atoms with van der Waals surface area (Å²) in [6, 6.07) is 0. The molecule has 0 spiro atoms. The fourth-order valence-corrected chi connectivity index (χ4v) is 1.93. The van der Waals surface area contributed by atoms with E-state index in [4.69, 9.17) is 20.9 Å². The van der Waals surface area contributed by atoms with Gasteiger partial charge in [-0.15, -0.1) is 0 Å². The zero-order valence-corrected chi connectivity index (χ0v) is 12.1. The van der Waals surface area contributed by atoms with E-state index in [-0.39, 0.29) is 46.9 Å². The Morgan fingerprint density at radius 3 is 1.71 bits per heavy atom. The van der Waals surface area contributed by atoms with E-state index in [9.17, 15) is 4.89 Å². The maximum Gasteiger partial charge on any atom is 0.324 e. The molecule has 0 aromatic rings. The third-order valence-corrected chi connectivity index (χ3v) is 3.15. The Kier molecular flexibility index (Phi) is 15.2. The van der Waals surface area contributed by atoms with Gasteiger partial charge in [-0.3, -0.25) is 0 Å². The molecule has 14 heavy (non-hydrogen) atoms. The number of hydrogen-bond donors (Lipinski definition) is 1. The molecule has 3 nitrogen and oxygen atoms in total. The van der Waals surface area contributed by atoms with E-state index in [0.717, 1.165) is 25.7 Å². The van der Waals surface area contributed by atoms with Gasteiger partial charge in [0.1, 0.15) is 0 Å². The smallest absolute Gasteiger partial charge is 0.324 e. The third kappa shape index (κ3) is 12.1. The molecule has 0 fully saturated rings. The van der Waals surface area contributed by atoms with Gasteiger partial charge in [0.2, 0.25) is 0 Å². The van der Waals surface area contributed by atoms with Crippen LogP contribution in [0.15, 0.2) is 0 Å². The molecule has 0 aromatic heterocycles. The van der Waals surface area contributed by atoms with Crippen molar-refractivity contribution in [3.63, 3.8) is 0 Å². The van der Waals surface area contributed by atoms with Gasteiger partial charge in [-0.05, 0) is 24.6 Å². The Balaban J connectivity index is 0. The minimum Gasteiger partial charge on any atom is -0.324 e. The van der Waals surface area contributed by atoms with Crippen molar-refractivity contribution >= 4 is 18.5 Å². The van der Waals surface area contributed by atoms with E-state index >= 15 is 0 Å². The van der Waals surface area contributed by atoms with Gasteiger partial charge in [-0.2, -0.15) is 0 Å². The molecule has 0 aliphatic heterocycles. The van der Waals surface area contributed by atoms with Crippen LogP contribution in [0.25, 0.3) is 0 Å². The standard InChI is InChI=1S/C8H19O3PS.Yb/c1-3-5-7-10-12(9,13)11-8-6-4-2;/h3-8H2,1-2H3,(H,9,13);. The first-order chi connectivity index (χ1) is 6.12. The van der Waals surface area contributed by atoms with Crippen molar-refractivity contribution in [1.29, 1.82) is 0 Å². The molecule has 0 saturated heterocycles. The molecule has 0 amide bonds. The molecule has 0 unspecified atom stereocenters. The minimum atomic E-state index is -2.92. The Labute approximate surface area is 130 Å². The van der Waals surface area contributed by atoms with Crippen LogP contribution in [0.5, 0.6) is 0 Å². The predicted octanol–water partition coefficient (Wildman–Crippen LogP) is 2.84. The van der Waals surface area contributed by atoms with Crippen LogP contribution in [-0.4, -0.2) is 18.1 Å². The van der Waals surface area contributed by atoms with Crippen molar-refractivity contribution in [2.75, 3.05) is 13.2 Å². The van der Waals surface area contributed by atoms with Crippen LogP contribution in [0.2, 0.25) is 0 Å². The van der Waals surface area contributed by atoms with Crippen LogP contribution >= 0.6 is 6.72 Å². The minimum absolute atomic E-state index is 0. The van der Waals surface area contributed by atoms with E-state index in [2.05, 4.69) is 13.8 Å². The topological polar surface area (TPSA) is 38.7 Å². The predicted molar refractivity (Wildman–Crippen MR) is 58.2 cm³/mol. The van der Waals surface area contributed by atoms with E-state index < -0.39 is 6.72 Å². The molecule has 0 saturated carbocycles. The molecule has 1 N–H and O–H groups in total. The van der Waals surface area contributed by atoms with E-state index in [1.165, 1.54) is 0 Å². The number of rotatable bonds is 8. The van der Waals surface area contributed by atoms with Crippen LogP contribution in [-0.2, 0) is 20.9 Å². The Hall–Kier alpha value is 2.05. The van der Waals surface area contributed by atoms with Gasteiger partial charge < -0.3 is 13.9 Å². The second-order valence-electron chi connectivity index (χ2n) is 2.84. The Morgan fingerprint density at radius 1 is 1.07 bits per heavy atom. The summed E-state index contributed by atoms with van der Waals surface area (Å²) in [5.74, 6) is 0. The van der Waals surface area contributed by atoms with Crippen molar-refractivity contribution in [3.8, 4) is 0 Å². The van der Waals surface area contributed by atoms with Gasteiger partial charge in [0, 0.05) is 46.9 Å². The van der Waals surface area contributed by atoms with Gasteiger partial charge in [0.15, 0.2) is 0 Å². The zero-order chi connectivity index (χ0) is 10.2. The fraction of sp³-hybridized carbons (Fsp3) is 1.00. The van der Waals surface area contributed by atoms with Crippen molar-refractivity contribution in [1.82, 2.24) is 0 Å². The van der Waals surface area contributed by atoms with Gasteiger partial charge in [-0.25, -0.2) is 0 Å². The first-order valence-corrected chi connectivity index (χ1v) is 7.33. The SMILES string of the molecule is CCCCOP(O)(=S)OCCCC.[Yb]. The average molecular weight is 399 g/mol. The summed E-state index contributed by atoms with van der Waals surface area (Å²) in [5, 5.41) is 0.